The molecule has 0 fully saturated rings. The first-order valence-electron chi connectivity index (χ1n) is 8.83. The van der Waals surface area contributed by atoms with Crippen LogP contribution in [-0.2, 0) is 6.54 Å². The molecule has 4 rings (SSSR count). The smallest absolute Gasteiger partial charge is 0.316 e. The van der Waals surface area contributed by atoms with E-state index in [1.807, 2.05) is 19.9 Å². The Balaban J connectivity index is 1.71. The van der Waals surface area contributed by atoms with Gasteiger partial charge >= 0.3 is 11.1 Å². The lowest BCUT2D eigenvalue weighted by molar-refractivity contribution is 0.102. The minimum absolute atomic E-state index is 0.328. The van der Waals surface area contributed by atoms with Gasteiger partial charge in [0, 0.05) is 12.1 Å². The van der Waals surface area contributed by atoms with Crippen LogP contribution >= 0.6 is 11.3 Å². The third kappa shape index (κ3) is 3.01. The van der Waals surface area contributed by atoms with Gasteiger partial charge in [-0.25, -0.2) is 4.98 Å². The fourth-order valence-electron chi connectivity index (χ4n) is 3.33. The van der Waals surface area contributed by atoms with Gasteiger partial charge in [-0.1, -0.05) is 17.4 Å². The lowest BCUT2D eigenvalue weighted by atomic mass is 10.1. The number of H-pyrrole nitrogens is 1. The van der Waals surface area contributed by atoms with Crippen molar-refractivity contribution < 1.29 is 4.79 Å². The van der Waals surface area contributed by atoms with Gasteiger partial charge in [0.25, 0.3) is 5.91 Å². The van der Waals surface area contributed by atoms with Crippen molar-refractivity contribution in [2.24, 2.45) is 0 Å². The molecule has 1 amide bonds. The predicted molar refractivity (Wildman–Crippen MR) is 112 cm³/mol. The molecular formula is C20H18N4O3S. The molecule has 0 aliphatic carbocycles. The normalized spacial score (nSPS) is 11.2. The van der Waals surface area contributed by atoms with Gasteiger partial charge in [0.15, 0.2) is 5.13 Å². The van der Waals surface area contributed by atoms with E-state index in [1.54, 1.807) is 25.1 Å². The Morgan fingerprint density at radius 3 is 2.75 bits per heavy atom. The summed E-state index contributed by atoms with van der Waals surface area (Å²) >= 11 is 1.42. The number of thiazole rings is 1. The van der Waals surface area contributed by atoms with E-state index in [9.17, 15) is 14.4 Å². The predicted octanol–water partition coefficient (Wildman–Crippen LogP) is 3.19. The standard InChI is InChI=1S/C20H18N4O3S/c1-4-24-14-6-5-12(9-13(14)21-18(26)19(24)27)17(25)23-20-22-16-11(3)7-10(2)8-15(16)28-20/h5-9H,4H2,1-3H3,(H,21,26)(H,22,23,25). The van der Waals surface area contributed by atoms with Crippen LogP contribution in [0.3, 0.4) is 0 Å². The number of aryl methyl sites for hydroxylation is 3. The van der Waals surface area contributed by atoms with Gasteiger partial charge in [-0.2, -0.15) is 0 Å². The van der Waals surface area contributed by atoms with Gasteiger partial charge in [-0.15, -0.1) is 0 Å². The quantitative estimate of drug-likeness (QED) is 0.522. The van der Waals surface area contributed by atoms with Crippen LogP contribution in [-0.4, -0.2) is 20.4 Å². The maximum atomic E-state index is 12.7. The summed E-state index contributed by atoms with van der Waals surface area (Å²) in [6, 6.07) is 8.96. The minimum Gasteiger partial charge on any atom is -0.316 e. The van der Waals surface area contributed by atoms with E-state index in [2.05, 4.69) is 21.4 Å². The number of hydrogen-bond donors (Lipinski definition) is 2. The van der Waals surface area contributed by atoms with E-state index in [0.29, 0.717) is 28.3 Å². The maximum absolute atomic E-state index is 12.7. The van der Waals surface area contributed by atoms with Crippen LogP contribution in [0, 0.1) is 13.8 Å². The summed E-state index contributed by atoms with van der Waals surface area (Å²) in [5.74, 6) is -0.328. The van der Waals surface area contributed by atoms with Crippen LogP contribution in [0.25, 0.3) is 21.3 Å². The second-order valence-electron chi connectivity index (χ2n) is 6.64. The summed E-state index contributed by atoms with van der Waals surface area (Å²) in [5.41, 5.74) is 3.16. The van der Waals surface area contributed by atoms with Crippen LogP contribution in [0.1, 0.15) is 28.4 Å². The van der Waals surface area contributed by atoms with Gasteiger partial charge in [0.1, 0.15) is 0 Å². The van der Waals surface area contributed by atoms with Crippen molar-refractivity contribution in [3.8, 4) is 0 Å². The Bertz CT molecular complexity index is 1360. The molecule has 0 aliphatic rings. The highest BCUT2D eigenvalue weighted by Gasteiger charge is 2.14. The van der Waals surface area contributed by atoms with E-state index < -0.39 is 11.1 Å². The first kappa shape index (κ1) is 18.1. The number of carbonyl (C=O) groups is 1. The van der Waals surface area contributed by atoms with Crippen molar-refractivity contribution in [1.82, 2.24) is 14.5 Å². The van der Waals surface area contributed by atoms with E-state index in [0.717, 1.165) is 21.3 Å². The number of carbonyl (C=O) groups excluding carboxylic acids is 1. The number of benzene rings is 2. The molecule has 2 aromatic carbocycles. The van der Waals surface area contributed by atoms with Crippen molar-refractivity contribution in [1.29, 1.82) is 0 Å². The highest BCUT2D eigenvalue weighted by molar-refractivity contribution is 7.22. The summed E-state index contributed by atoms with van der Waals surface area (Å²) in [6.45, 7) is 6.18. The molecule has 28 heavy (non-hydrogen) atoms. The number of rotatable bonds is 3. The van der Waals surface area contributed by atoms with Crippen molar-refractivity contribution in [3.05, 3.63) is 67.7 Å². The number of hydrogen-bond acceptors (Lipinski definition) is 5. The molecule has 0 bridgehead atoms. The average molecular weight is 394 g/mol. The maximum Gasteiger partial charge on any atom is 0.316 e. The lowest BCUT2D eigenvalue weighted by Crippen LogP contribution is -2.36. The Morgan fingerprint density at radius 2 is 2.00 bits per heavy atom. The third-order valence-electron chi connectivity index (χ3n) is 4.60. The second kappa shape index (κ2) is 6.72. The van der Waals surface area contributed by atoms with Crippen molar-refractivity contribution >= 4 is 43.6 Å². The highest BCUT2D eigenvalue weighted by Crippen LogP contribution is 2.29. The largest absolute Gasteiger partial charge is 0.316 e. The number of nitrogens with zero attached hydrogens (tertiary/aromatic N) is 2. The SMILES string of the molecule is CCn1c(=O)c(=O)[nH]c2cc(C(=O)Nc3nc4c(C)cc(C)cc4s3)ccc21. The summed E-state index contributed by atoms with van der Waals surface area (Å²) < 4.78 is 2.40. The van der Waals surface area contributed by atoms with Crippen molar-refractivity contribution in [2.75, 3.05) is 5.32 Å². The van der Waals surface area contributed by atoms with Crippen molar-refractivity contribution in [3.63, 3.8) is 0 Å². The van der Waals surface area contributed by atoms with E-state index >= 15 is 0 Å². The molecule has 0 radical (unpaired) electrons. The highest BCUT2D eigenvalue weighted by atomic mass is 32.1. The molecule has 0 unspecified atom stereocenters. The Labute approximate surface area is 163 Å². The molecule has 2 N–H and O–H groups in total. The van der Waals surface area contributed by atoms with Gasteiger partial charge in [0.2, 0.25) is 0 Å². The third-order valence-corrected chi connectivity index (χ3v) is 5.52. The van der Waals surface area contributed by atoms with E-state index in [4.69, 9.17) is 0 Å². The monoisotopic (exact) mass is 394 g/mol. The topological polar surface area (TPSA) is 96.9 Å². The van der Waals surface area contributed by atoms with Crippen LogP contribution < -0.4 is 16.4 Å². The first-order valence-corrected chi connectivity index (χ1v) is 9.65. The molecule has 142 valence electrons. The molecule has 4 aromatic rings. The fourth-order valence-corrected chi connectivity index (χ4v) is 4.36. The lowest BCUT2D eigenvalue weighted by Gasteiger charge is -2.08. The zero-order chi connectivity index (χ0) is 20.0. The number of nitrogens with one attached hydrogen (secondary N) is 2. The van der Waals surface area contributed by atoms with Crippen LogP contribution in [0.4, 0.5) is 5.13 Å². The van der Waals surface area contributed by atoms with E-state index in [1.165, 1.54) is 15.9 Å². The Kier molecular flexibility index (Phi) is 4.35. The molecule has 8 heteroatoms. The molecule has 2 aromatic heterocycles. The molecule has 0 aliphatic heterocycles. The average Bonchev–Trinajstić information content (AvgIpc) is 3.05. The number of amides is 1. The van der Waals surface area contributed by atoms with Crippen molar-refractivity contribution in [2.45, 2.75) is 27.3 Å². The van der Waals surface area contributed by atoms with Gasteiger partial charge < -0.3 is 9.55 Å². The summed E-state index contributed by atoms with van der Waals surface area (Å²) in [4.78, 5) is 43.5. The number of aromatic amines is 1. The Morgan fingerprint density at radius 1 is 1.21 bits per heavy atom. The number of aromatic nitrogens is 3. The summed E-state index contributed by atoms with van der Waals surface area (Å²) in [7, 11) is 0. The molecule has 0 spiro atoms. The fraction of sp³-hybridized carbons (Fsp3) is 0.200. The summed E-state index contributed by atoms with van der Waals surface area (Å²) in [5, 5.41) is 3.34. The zero-order valence-electron chi connectivity index (χ0n) is 15.6. The minimum atomic E-state index is -0.705. The molecule has 0 saturated carbocycles. The van der Waals surface area contributed by atoms with Gasteiger partial charge in [0.05, 0.1) is 21.3 Å². The van der Waals surface area contributed by atoms with Crippen LogP contribution in [0.15, 0.2) is 39.9 Å². The Hall–Kier alpha value is -3.26. The molecule has 0 saturated heterocycles. The molecule has 7 nitrogen and oxygen atoms in total. The number of fused-ring (bicyclic) bond motifs is 2. The zero-order valence-corrected chi connectivity index (χ0v) is 16.4. The summed E-state index contributed by atoms with van der Waals surface area (Å²) in [6.07, 6.45) is 0. The van der Waals surface area contributed by atoms with Gasteiger partial charge in [-0.05, 0) is 56.2 Å². The molecule has 2 heterocycles. The molecule has 0 atom stereocenters. The van der Waals surface area contributed by atoms with Gasteiger partial charge in [-0.3, -0.25) is 19.7 Å². The van der Waals surface area contributed by atoms with Crippen LogP contribution in [0.2, 0.25) is 0 Å². The first-order chi connectivity index (χ1) is 13.4. The molecular weight excluding hydrogens is 376 g/mol. The van der Waals surface area contributed by atoms with Crippen LogP contribution in [0.5, 0.6) is 0 Å². The van der Waals surface area contributed by atoms with E-state index in [-0.39, 0.29) is 5.91 Å². The number of anilines is 1. The second-order valence-corrected chi connectivity index (χ2v) is 7.67.